The zero-order valence-corrected chi connectivity index (χ0v) is 14.5. The van der Waals surface area contributed by atoms with Crippen molar-refractivity contribution in [3.05, 3.63) is 12.7 Å². The quantitative estimate of drug-likeness (QED) is 0.451. The minimum Gasteiger partial charge on any atom is -0.395 e. The van der Waals surface area contributed by atoms with Crippen LogP contribution in [0.4, 0.5) is 0 Å². The van der Waals surface area contributed by atoms with Crippen LogP contribution >= 0.6 is 0 Å². The summed E-state index contributed by atoms with van der Waals surface area (Å²) in [6.45, 7) is 9.59. The van der Waals surface area contributed by atoms with E-state index in [0.717, 1.165) is 39.0 Å². The minimum atomic E-state index is -0.398. The van der Waals surface area contributed by atoms with E-state index in [2.05, 4.69) is 16.8 Å². The number of rotatable bonds is 8. The molecule has 7 nitrogen and oxygen atoms in total. The molecule has 0 aromatic heterocycles. The van der Waals surface area contributed by atoms with Gasteiger partial charge in [0.25, 0.3) is 0 Å². The van der Waals surface area contributed by atoms with Crippen molar-refractivity contribution in [1.82, 2.24) is 20.0 Å². The summed E-state index contributed by atoms with van der Waals surface area (Å²) in [6, 6.07) is -0.398. The van der Waals surface area contributed by atoms with Crippen LogP contribution in [0.2, 0.25) is 0 Å². The van der Waals surface area contributed by atoms with Crippen LogP contribution in [-0.2, 0) is 9.59 Å². The van der Waals surface area contributed by atoms with Crippen LogP contribution in [-0.4, -0.2) is 96.6 Å². The number of carbonyl (C=O) groups excluding carboxylic acids is 2. The first-order chi connectivity index (χ1) is 11.7. The monoisotopic (exact) mass is 338 g/mol. The van der Waals surface area contributed by atoms with E-state index in [4.69, 9.17) is 5.11 Å². The smallest absolute Gasteiger partial charge is 0.240 e. The van der Waals surface area contributed by atoms with Crippen molar-refractivity contribution in [2.45, 2.75) is 25.3 Å². The van der Waals surface area contributed by atoms with Gasteiger partial charge < -0.3 is 20.2 Å². The molecule has 2 saturated heterocycles. The van der Waals surface area contributed by atoms with Crippen LogP contribution in [0.5, 0.6) is 0 Å². The van der Waals surface area contributed by atoms with Gasteiger partial charge in [0, 0.05) is 52.4 Å². The number of aliphatic hydroxyl groups is 1. The Morgan fingerprint density at radius 2 is 2.00 bits per heavy atom. The lowest BCUT2D eigenvalue weighted by molar-refractivity contribution is -0.141. The Morgan fingerprint density at radius 3 is 2.67 bits per heavy atom. The first-order valence-electron chi connectivity index (χ1n) is 8.89. The lowest BCUT2D eigenvalue weighted by Crippen LogP contribution is -2.57. The molecule has 7 heteroatoms. The maximum atomic E-state index is 12.5. The maximum absolute atomic E-state index is 12.5. The van der Waals surface area contributed by atoms with E-state index >= 15 is 0 Å². The van der Waals surface area contributed by atoms with Crippen molar-refractivity contribution in [2.75, 3.05) is 59.0 Å². The molecule has 0 radical (unpaired) electrons. The Kier molecular flexibility index (Phi) is 7.68. The Morgan fingerprint density at radius 1 is 1.25 bits per heavy atom. The topological polar surface area (TPSA) is 76.1 Å². The predicted molar refractivity (Wildman–Crippen MR) is 92.5 cm³/mol. The number of nitrogens with one attached hydrogen (secondary N) is 1. The Bertz CT molecular complexity index is 436. The molecule has 24 heavy (non-hydrogen) atoms. The third-order valence-corrected chi connectivity index (χ3v) is 4.74. The molecule has 2 heterocycles. The molecule has 0 spiro atoms. The summed E-state index contributed by atoms with van der Waals surface area (Å²) >= 11 is 0. The predicted octanol–water partition coefficient (Wildman–Crippen LogP) is -0.720. The number of hydrogen-bond donors (Lipinski definition) is 2. The zero-order valence-electron chi connectivity index (χ0n) is 14.5. The van der Waals surface area contributed by atoms with Crippen LogP contribution in [0, 0.1) is 0 Å². The molecule has 2 N–H and O–H groups in total. The molecule has 136 valence electrons. The van der Waals surface area contributed by atoms with E-state index in [-0.39, 0.29) is 24.8 Å². The van der Waals surface area contributed by atoms with E-state index < -0.39 is 6.04 Å². The van der Waals surface area contributed by atoms with Crippen molar-refractivity contribution in [3.8, 4) is 0 Å². The molecule has 2 rings (SSSR count). The summed E-state index contributed by atoms with van der Waals surface area (Å²) in [5.74, 6) is 0.0787. The van der Waals surface area contributed by atoms with E-state index in [1.54, 1.807) is 0 Å². The number of carbonyl (C=O) groups is 2. The SMILES string of the molecule is C=CCCCN1CCNC(CC(=O)N2CCN(CCO)CC2)C1=O. The number of piperazine rings is 2. The molecule has 2 amide bonds. The van der Waals surface area contributed by atoms with E-state index in [1.807, 2.05) is 15.9 Å². The number of β-amino-alcohol motifs (C(OH)–C–C–N with tert-alkyl or cyclic N) is 1. The maximum Gasteiger partial charge on any atom is 0.240 e. The van der Waals surface area contributed by atoms with E-state index in [0.29, 0.717) is 26.2 Å². The average molecular weight is 338 g/mol. The number of amides is 2. The van der Waals surface area contributed by atoms with Gasteiger partial charge in [-0.2, -0.15) is 0 Å². The standard InChI is InChI=1S/C17H30N4O3/c1-2-3-4-6-21-7-5-18-15(17(21)24)14-16(23)20-10-8-19(9-11-20)12-13-22/h2,15,18,22H,1,3-14H2. The molecule has 2 aliphatic heterocycles. The van der Waals surface area contributed by atoms with Crippen LogP contribution in [0.1, 0.15) is 19.3 Å². The second-order valence-electron chi connectivity index (χ2n) is 6.41. The lowest BCUT2D eigenvalue weighted by atomic mass is 10.1. The molecular weight excluding hydrogens is 308 g/mol. The normalized spacial score (nSPS) is 22.7. The van der Waals surface area contributed by atoms with Gasteiger partial charge in [-0.3, -0.25) is 14.5 Å². The summed E-state index contributed by atoms with van der Waals surface area (Å²) in [5.41, 5.74) is 0. The fourth-order valence-corrected chi connectivity index (χ4v) is 3.27. The second-order valence-corrected chi connectivity index (χ2v) is 6.41. The fraction of sp³-hybridized carbons (Fsp3) is 0.765. The van der Waals surface area contributed by atoms with Crippen LogP contribution < -0.4 is 5.32 Å². The Balaban J connectivity index is 1.78. The fourth-order valence-electron chi connectivity index (χ4n) is 3.27. The van der Waals surface area contributed by atoms with Crippen molar-refractivity contribution in [3.63, 3.8) is 0 Å². The van der Waals surface area contributed by atoms with Crippen LogP contribution in [0.3, 0.4) is 0 Å². The molecule has 0 aromatic carbocycles. The lowest BCUT2D eigenvalue weighted by Gasteiger charge is -2.37. The van der Waals surface area contributed by atoms with Crippen molar-refractivity contribution in [1.29, 1.82) is 0 Å². The summed E-state index contributed by atoms with van der Waals surface area (Å²) in [4.78, 5) is 30.8. The molecular formula is C17H30N4O3. The van der Waals surface area contributed by atoms with Crippen molar-refractivity contribution in [2.24, 2.45) is 0 Å². The second kappa shape index (κ2) is 9.76. The minimum absolute atomic E-state index is 0.0393. The largest absolute Gasteiger partial charge is 0.395 e. The first kappa shape index (κ1) is 18.9. The van der Waals surface area contributed by atoms with Crippen molar-refractivity contribution < 1.29 is 14.7 Å². The summed E-state index contributed by atoms with van der Waals surface area (Å²) in [7, 11) is 0. The molecule has 1 atom stereocenters. The summed E-state index contributed by atoms with van der Waals surface area (Å²) < 4.78 is 0. The number of unbranched alkanes of at least 4 members (excludes halogenated alkanes) is 1. The van der Waals surface area contributed by atoms with Gasteiger partial charge in [-0.15, -0.1) is 6.58 Å². The van der Waals surface area contributed by atoms with Crippen LogP contribution in [0.15, 0.2) is 12.7 Å². The molecule has 0 bridgehead atoms. The van der Waals surface area contributed by atoms with Gasteiger partial charge in [0.2, 0.25) is 11.8 Å². The van der Waals surface area contributed by atoms with Gasteiger partial charge in [0.15, 0.2) is 0 Å². The Labute approximate surface area is 144 Å². The summed E-state index contributed by atoms with van der Waals surface area (Å²) in [5, 5.41) is 12.1. The van der Waals surface area contributed by atoms with Gasteiger partial charge in [-0.1, -0.05) is 6.08 Å². The van der Waals surface area contributed by atoms with E-state index in [9.17, 15) is 9.59 Å². The highest BCUT2D eigenvalue weighted by Crippen LogP contribution is 2.10. The number of allylic oxidation sites excluding steroid dienone is 1. The molecule has 2 fully saturated rings. The zero-order chi connectivity index (χ0) is 17.4. The van der Waals surface area contributed by atoms with Gasteiger partial charge in [0.1, 0.15) is 0 Å². The van der Waals surface area contributed by atoms with Gasteiger partial charge in [-0.05, 0) is 12.8 Å². The third-order valence-electron chi connectivity index (χ3n) is 4.74. The summed E-state index contributed by atoms with van der Waals surface area (Å²) in [6.07, 6.45) is 3.92. The van der Waals surface area contributed by atoms with Crippen molar-refractivity contribution >= 4 is 11.8 Å². The van der Waals surface area contributed by atoms with Gasteiger partial charge in [-0.25, -0.2) is 0 Å². The Hall–Kier alpha value is -1.44. The molecule has 0 saturated carbocycles. The highest BCUT2D eigenvalue weighted by molar-refractivity contribution is 5.89. The molecule has 0 aromatic rings. The number of hydrogen-bond acceptors (Lipinski definition) is 5. The molecule has 2 aliphatic rings. The van der Waals surface area contributed by atoms with E-state index in [1.165, 1.54) is 0 Å². The first-order valence-corrected chi connectivity index (χ1v) is 8.89. The van der Waals surface area contributed by atoms with Crippen LogP contribution in [0.25, 0.3) is 0 Å². The highest BCUT2D eigenvalue weighted by atomic mass is 16.3. The number of nitrogens with zero attached hydrogens (tertiary/aromatic N) is 3. The molecule has 1 unspecified atom stereocenters. The molecule has 0 aliphatic carbocycles. The van der Waals surface area contributed by atoms with Gasteiger partial charge >= 0.3 is 0 Å². The third kappa shape index (κ3) is 5.29. The highest BCUT2D eigenvalue weighted by Gasteiger charge is 2.31. The van der Waals surface area contributed by atoms with Gasteiger partial charge in [0.05, 0.1) is 19.1 Å². The average Bonchev–Trinajstić information content (AvgIpc) is 2.59. The number of aliphatic hydroxyl groups excluding tert-OH is 1.